The van der Waals surface area contributed by atoms with E-state index in [-0.39, 0.29) is 24.4 Å². The second-order valence-corrected chi connectivity index (χ2v) is 6.77. The highest BCUT2D eigenvalue weighted by Gasteiger charge is 2.37. The van der Waals surface area contributed by atoms with Crippen molar-refractivity contribution in [2.24, 2.45) is 11.8 Å². The zero-order valence-electron chi connectivity index (χ0n) is 12.8. The molecule has 0 aromatic heterocycles. The molecule has 4 nitrogen and oxygen atoms in total. The van der Waals surface area contributed by atoms with Crippen molar-refractivity contribution in [3.8, 4) is 0 Å². The Morgan fingerprint density at radius 2 is 2.00 bits per heavy atom. The minimum absolute atomic E-state index is 0. The van der Waals surface area contributed by atoms with Crippen LogP contribution in [0.1, 0.15) is 51.4 Å². The maximum atomic E-state index is 12.1. The summed E-state index contributed by atoms with van der Waals surface area (Å²) in [6.07, 6.45) is 9.86. The largest absolute Gasteiger partial charge is 0.381 e. The van der Waals surface area contributed by atoms with Crippen LogP contribution in [-0.4, -0.2) is 37.7 Å². The van der Waals surface area contributed by atoms with Gasteiger partial charge >= 0.3 is 0 Å². The van der Waals surface area contributed by atoms with Gasteiger partial charge < -0.3 is 15.4 Å². The molecule has 0 spiro atoms. The Labute approximate surface area is 134 Å². The molecule has 0 radical (unpaired) electrons. The number of hydrogen-bond acceptors (Lipinski definition) is 3. The molecule has 3 fully saturated rings. The topological polar surface area (TPSA) is 50.4 Å². The van der Waals surface area contributed by atoms with Gasteiger partial charge in [-0.25, -0.2) is 0 Å². The van der Waals surface area contributed by atoms with E-state index in [1.807, 2.05) is 0 Å². The van der Waals surface area contributed by atoms with Crippen molar-refractivity contribution in [2.75, 3.05) is 19.8 Å². The number of amides is 1. The van der Waals surface area contributed by atoms with Gasteiger partial charge in [0.15, 0.2) is 0 Å². The van der Waals surface area contributed by atoms with Gasteiger partial charge in [0.05, 0.1) is 6.04 Å². The second kappa shape index (κ2) is 8.35. The van der Waals surface area contributed by atoms with Crippen LogP contribution >= 0.6 is 12.4 Å². The first kappa shape index (κ1) is 17.0. The fourth-order valence-electron chi connectivity index (χ4n) is 3.56. The summed E-state index contributed by atoms with van der Waals surface area (Å²) in [4.78, 5) is 12.1. The predicted octanol–water partition coefficient (Wildman–Crippen LogP) is 2.26. The molecule has 3 rings (SSSR count). The van der Waals surface area contributed by atoms with Crippen molar-refractivity contribution in [2.45, 2.75) is 63.5 Å². The third-order valence-corrected chi connectivity index (χ3v) is 4.99. The lowest BCUT2D eigenvalue weighted by Gasteiger charge is -2.24. The molecule has 0 aromatic rings. The lowest BCUT2D eigenvalue weighted by atomic mass is 9.85. The highest BCUT2D eigenvalue weighted by molar-refractivity contribution is 5.85. The molecular weight excluding hydrogens is 288 g/mol. The van der Waals surface area contributed by atoms with Gasteiger partial charge in [-0.2, -0.15) is 0 Å². The molecule has 21 heavy (non-hydrogen) atoms. The van der Waals surface area contributed by atoms with E-state index in [1.54, 1.807) is 0 Å². The second-order valence-electron chi connectivity index (χ2n) is 6.77. The fourth-order valence-corrected chi connectivity index (χ4v) is 3.56. The molecule has 1 aliphatic heterocycles. The molecule has 3 atom stereocenters. The number of hydrogen-bond donors (Lipinski definition) is 2. The van der Waals surface area contributed by atoms with Crippen molar-refractivity contribution in [1.82, 2.24) is 10.6 Å². The molecule has 0 aromatic carbocycles. The molecule has 1 heterocycles. The van der Waals surface area contributed by atoms with Crippen LogP contribution in [-0.2, 0) is 9.53 Å². The quantitative estimate of drug-likeness (QED) is 0.708. The van der Waals surface area contributed by atoms with E-state index in [1.165, 1.54) is 38.5 Å². The van der Waals surface area contributed by atoms with Gasteiger partial charge in [-0.3, -0.25) is 4.79 Å². The van der Waals surface area contributed by atoms with Gasteiger partial charge in [0.1, 0.15) is 0 Å². The maximum Gasteiger partial charge on any atom is 0.237 e. The number of fused-ring (bicyclic) bond motifs is 1. The first-order valence-electron chi connectivity index (χ1n) is 8.44. The number of carbonyl (C=O) groups excluding carboxylic acids is 1. The van der Waals surface area contributed by atoms with E-state index >= 15 is 0 Å². The van der Waals surface area contributed by atoms with E-state index in [4.69, 9.17) is 4.74 Å². The molecule has 1 amide bonds. The van der Waals surface area contributed by atoms with E-state index in [0.717, 1.165) is 44.4 Å². The average Bonchev–Trinajstić information content (AvgIpc) is 3.18. The maximum absolute atomic E-state index is 12.1. The fraction of sp³-hybridized carbons (Fsp3) is 0.938. The lowest BCUT2D eigenvalue weighted by molar-refractivity contribution is -0.122. The minimum Gasteiger partial charge on any atom is -0.381 e. The number of rotatable bonds is 7. The van der Waals surface area contributed by atoms with Crippen LogP contribution in [0.2, 0.25) is 0 Å². The first-order chi connectivity index (χ1) is 9.83. The zero-order chi connectivity index (χ0) is 13.8. The van der Waals surface area contributed by atoms with Gasteiger partial charge in [-0.1, -0.05) is 12.8 Å². The van der Waals surface area contributed by atoms with Crippen LogP contribution in [0.4, 0.5) is 0 Å². The predicted molar refractivity (Wildman–Crippen MR) is 85.7 cm³/mol. The Bertz CT molecular complexity index is 322. The van der Waals surface area contributed by atoms with Crippen LogP contribution in [0.5, 0.6) is 0 Å². The number of halogens is 1. The van der Waals surface area contributed by atoms with Crippen LogP contribution in [0.25, 0.3) is 0 Å². The van der Waals surface area contributed by atoms with Crippen molar-refractivity contribution < 1.29 is 9.53 Å². The Balaban J connectivity index is 0.00000161. The van der Waals surface area contributed by atoms with E-state index < -0.39 is 0 Å². The van der Waals surface area contributed by atoms with Gasteiger partial charge in [-0.15, -0.1) is 12.4 Å². The third-order valence-electron chi connectivity index (χ3n) is 4.99. The summed E-state index contributed by atoms with van der Waals surface area (Å²) in [6, 6.07) is 0.650. The SMILES string of the molecule is Cl.O=C(NCCCOCC1CC1)C1CC2CCCCC2N1. The molecular formula is C16H29ClN2O2. The summed E-state index contributed by atoms with van der Waals surface area (Å²) in [5.41, 5.74) is 0. The number of carbonyl (C=O) groups is 1. The minimum atomic E-state index is 0. The Kier molecular flexibility index (Phi) is 6.77. The summed E-state index contributed by atoms with van der Waals surface area (Å²) in [5.74, 6) is 1.76. The molecule has 122 valence electrons. The summed E-state index contributed by atoms with van der Waals surface area (Å²) in [5, 5.41) is 6.58. The molecule has 3 unspecified atom stereocenters. The van der Waals surface area contributed by atoms with Gasteiger partial charge in [-0.05, 0) is 50.4 Å². The Hall–Kier alpha value is -0.320. The van der Waals surface area contributed by atoms with Crippen molar-refractivity contribution in [3.05, 3.63) is 0 Å². The molecule has 2 aliphatic carbocycles. The molecule has 2 saturated carbocycles. The standard InChI is InChI=1S/C16H28N2O2.ClH/c19-16(17-8-3-9-20-11-12-6-7-12)15-10-13-4-1-2-5-14(13)18-15;/h12-15,18H,1-11H2,(H,17,19);1H. The number of nitrogens with one attached hydrogen (secondary N) is 2. The van der Waals surface area contributed by atoms with Crippen LogP contribution in [0.15, 0.2) is 0 Å². The molecule has 3 aliphatic rings. The summed E-state index contributed by atoms with van der Waals surface area (Å²) in [7, 11) is 0. The molecule has 0 bridgehead atoms. The highest BCUT2D eigenvalue weighted by Crippen LogP contribution is 2.33. The molecule has 1 saturated heterocycles. The van der Waals surface area contributed by atoms with Gasteiger partial charge in [0.2, 0.25) is 5.91 Å². The summed E-state index contributed by atoms with van der Waals surface area (Å²) < 4.78 is 5.58. The molecule has 5 heteroatoms. The Morgan fingerprint density at radius 3 is 2.76 bits per heavy atom. The van der Waals surface area contributed by atoms with Crippen LogP contribution in [0.3, 0.4) is 0 Å². The zero-order valence-corrected chi connectivity index (χ0v) is 13.6. The van der Waals surface area contributed by atoms with Crippen molar-refractivity contribution in [3.63, 3.8) is 0 Å². The highest BCUT2D eigenvalue weighted by atomic mass is 35.5. The van der Waals surface area contributed by atoms with E-state index in [2.05, 4.69) is 10.6 Å². The monoisotopic (exact) mass is 316 g/mol. The summed E-state index contributed by atoms with van der Waals surface area (Å²) in [6.45, 7) is 2.44. The van der Waals surface area contributed by atoms with E-state index in [0.29, 0.717) is 6.04 Å². The van der Waals surface area contributed by atoms with Gasteiger partial charge in [0.25, 0.3) is 0 Å². The van der Waals surface area contributed by atoms with Crippen LogP contribution < -0.4 is 10.6 Å². The van der Waals surface area contributed by atoms with Crippen molar-refractivity contribution >= 4 is 18.3 Å². The number of ether oxygens (including phenoxy) is 1. The normalized spacial score (nSPS) is 31.3. The van der Waals surface area contributed by atoms with Crippen molar-refractivity contribution in [1.29, 1.82) is 0 Å². The molecule has 2 N–H and O–H groups in total. The average molecular weight is 317 g/mol. The smallest absolute Gasteiger partial charge is 0.237 e. The van der Waals surface area contributed by atoms with E-state index in [9.17, 15) is 4.79 Å². The lowest BCUT2D eigenvalue weighted by Crippen LogP contribution is -2.43. The summed E-state index contributed by atoms with van der Waals surface area (Å²) >= 11 is 0. The third kappa shape index (κ3) is 5.11. The first-order valence-corrected chi connectivity index (χ1v) is 8.44. The van der Waals surface area contributed by atoms with Gasteiger partial charge in [0, 0.05) is 25.8 Å². The Morgan fingerprint density at radius 1 is 1.19 bits per heavy atom. The van der Waals surface area contributed by atoms with Crippen LogP contribution in [0, 0.1) is 11.8 Å².